The molecule has 4 rings (SSSR count). The second kappa shape index (κ2) is 12.1. The predicted octanol–water partition coefficient (Wildman–Crippen LogP) is 6.07. The molecule has 0 bridgehead atoms. The van der Waals surface area contributed by atoms with Gasteiger partial charge in [0.05, 0.1) is 38.5 Å². The van der Waals surface area contributed by atoms with Gasteiger partial charge in [0.15, 0.2) is 16.7 Å². The van der Waals surface area contributed by atoms with Gasteiger partial charge in [-0.05, 0) is 95.4 Å². The number of nitriles is 1. The number of carbonyl (C=O) groups excluding carboxylic acids is 1. The summed E-state index contributed by atoms with van der Waals surface area (Å²) in [5, 5.41) is 18.9. The zero-order valence-electron chi connectivity index (χ0n) is 20.5. The molecule has 1 saturated heterocycles. The smallest absolute Gasteiger partial charge is 0.335 e. The number of amidine groups is 1. The van der Waals surface area contributed by atoms with Crippen molar-refractivity contribution in [1.29, 1.82) is 5.26 Å². The average molecular weight is 639 g/mol. The number of hydrogen-bond donors (Lipinski definition) is 1. The van der Waals surface area contributed by atoms with E-state index in [1.807, 2.05) is 31.2 Å². The Morgan fingerprint density at radius 2 is 1.95 bits per heavy atom. The molecule has 1 amide bonds. The normalized spacial score (nSPS) is 15.1. The van der Waals surface area contributed by atoms with Crippen LogP contribution in [-0.4, -0.2) is 40.7 Å². The van der Waals surface area contributed by atoms with Crippen LogP contribution in [0.5, 0.6) is 11.5 Å². The molecule has 10 heteroatoms. The molecule has 3 aromatic rings. The summed E-state index contributed by atoms with van der Waals surface area (Å²) < 4.78 is 12.4. The number of nitrogens with zero attached hydrogens (tertiary/aromatic N) is 3. The zero-order valence-corrected chi connectivity index (χ0v) is 23.4. The van der Waals surface area contributed by atoms with E-state index in [1.54, 1.807) is 42.4 Å². The lowest BCUT2D eigenvalue weighted by atomic mass is 10.1. The van der Waals surface area contributed by atoms with Gasteiger partial charge in [-0.2, -0.15) is 5.26 Å². The molecule has 0 saturated carbocycles. The first-order valence-electron chi connectivity index (χ1n) is 11.5. The molecule has 1 aliphatic rings. The fraction of sp³-hybridized carbons (Fsp3) is 0.143. The highest BCUT2D eigenvalue weighted by atomic mass is 127. The molecular weight excluding hydrogens is 617 g/mol. The van der Waals surface area contributed by atoms with Crippen LogP contribution >= 0.6 is 34.4 Å². The number of hydrogen-bond acceptors (Lipinski definition) is 7. The minimum atomic E-state index is -1.01. The summed E-state index contributed by atoms with van der Waals surface area (Å²) in [5.74, 6) is -0.117. The van der Waals surface area contributed by atoms with E-state index in [0.29, 0.717) is 39.4 Å². The van der Waals surface area contributed by atoms with Crippen molar-refractivity contribution >= 4 is 63.2 Å². The van der Waals surface area contributed by atoms with Crippen LogP contribution in [0, 0.1) is 14.9 Å². The topological polar surface area (TPSA) is 112 Å². The molecule has 0 aliphatic carbocycles. The molecule has 0 unspecified atom stereocenters. The minimum Gasteiger partial charge on any atom is -0.493 e. The maximum Gasteiger partial charge on any atom is 0.335 e. The van der Waals surface area contributed by atoms with Crippen LogP contribution in [0.2, 0.25) is 0 Å². The van der Waals surface area contributed by atoms with Crippen LogP contribution in [0.3, 0.4) is 0 Å². The van der Waals surface area contributed by atoms with Gasteiger partial charge in [-0.3, -0.25) is 9.69 Å². The van der Waals surface area contributed by atoms with Crippen molar-refractivity contribution in [3.8, 4) is 17.6 Å². The maximum atomic E-state index is 13.1. The third-order valence-corrected chi connectivity index (χ3v) is 7.41. The van der Waals surface area contributed by atoms with E-state index in [-0.39, 0.29) is 18.1 Å². The number of amides is 1. The minimum absolute atomic E-state index is 0.166. The van der Waals surface area contributed by atoms with Crippen LogP contribution in [0.25, 0.3) is 6.08 Å². The monoisotopic (exact) mass is 639 g/mol. The molecule has 3 aromatic carbocycles. The van der Waals surface area contributed by atoms with Crippen molar-refractivity contribution in [3.63, 3.8) is 0 Å². The molecule has 1 fully saturated rings. The number of carboxylic acid groups (broad SMARTS) is 1. The van der Waals surface area contributed by atoms with Crippen LogP contribution in [0.4, 0.5) is 5.69 Å². The van der Waals surface area contributed by atoms with Crippen LogP contribution in [-0.2, 0) is 11.4 Å². The second-order valence-corrected chi connectivity index (χ2v) is 10.2. The summed E-state index contributed by atoms with van der Waals surface area (Å²) in [6, 6.07) is 19.3. The number of carboxylic acids is 1. The van der Waals surface area contributed by atoms with E-state index in [4.69, 9.17) is 14.6 Å². The third kappa shape index (κ3) is 6.00. The van der Waals surface area contributed by atoms with Gasteiger partial charge in [0.25, 0.3) is 5.91 Å². The SMILES string of the molecule is CCN1C(=O)/C(=C\c2cc(I)c(OCc3ccccc3C#N)c(OC)c2)SC1=Nc1ccc(C(=O)O)cc1. The summed E-state index contributed by atoms with van der Waals surface area (Å²) in [7, 11) is 1.55. The standard InChI is InChI=1S/C28H22IN3O5S/c1-3-32-26(33)24(38-28(32)31-21-10-8-18(9-11-21)27(34)35)14-17-12-22(29)25(23(13-17)36-2)37-16-20-7-5-4-6-19(20)15-30/h4-14H,3,16H2,1-2H3,(H,34,35)/b24-14+,31-28?. The number of ether oxygens (including phenoxy) is 2. The van der Waals surface area contributed by atoms with E-state index < -0.39 is 5.97 Å². The lowest BCUT2D eigenvalue weighted by molar-refractivity contribution is -0.122. The molecule has 0 aromatic heterocycles. The van der Waals surface area contributed by atoms with Crippen LogP contribution < -0.4 is 9.47 Å². The number of benzene rings is 3. The largest absolute Gasteiger partial charge is 0.493 e. The Morgan fingerprint density at radius 1 is 1.21 bits per heavy atom. The number of halogens is 1. The number of methoxy groups -OCH3 is 1. The molecule has 0 spiro atoms. The van der Waals surface area contributed by atoms with Gasteiger partial charge >= 0.3 is 5.97 Å². The molecule has 1 heterocycles. The van der Waals surface area contributed by atoms with Gasteiger partial charge in [0.1, 0.15) is 6.61 Å². The Balaban J connectivity index is 1.59. The van der Waals surface area contributed by atoms with Crippen LogP contribution in [0.15, 0.2) is 70.6 Å². The van der Waals surface area contributed by atoms with E-state index in [0.717, 1.165) is 14.7 Å². The highest BCUT2D eigenvalue weighted by molar-refractivity contribution is 14.1. The summed E-state index contributed by atoms with van der Waals surface area (Å²) in [4.78, 5) is 30.9. The number of aromatic carboxylic acids is 1. The first-order valence-corrected chi connectivity index (χ1v) is 13.4. The Kier molecular flexibility index (Phi) is 8.70. The second-order valence-electron chi connectivity index (χ2n) is 8.00. The van der Waals surface area contributed by atoms with Crippen molar-refractivity contribution in [2.24, 2.45) is 4.99 Å². The maximum absolute atomic E-state index is 13.1. The van der Waals surface area contributed by atoms with Gasteiger partial charge in [-0.1, -0.05) is 18.2 Å². The predicted molar refractivity (Wildman–Crippen MR) is 155 cm³/mol. The number of aliphatic imine (C=N–C) groups is 1. The van der Waals surface area contributed by atoms with Crippen molar-refractivity contribution in [3.05, 3.63) is 91.4 Å². The summed E-state index contributed by atoms with van der Waals surface area (Å²) in [6.07, 6.45) is 1.78. The molecule has 8 nitrogen and oxygen atoms in total. The first-order chi connectivity index (χ1) is 18.3. The van der Waals surface area contributed by atoms with E-state index in [9.17, 15) is 14.9 Å². The van der Waals surface area contributed by atoms with Crippen LogP contribution in [0.1, 0.15) is 34.0 Å². The first kappa shape index (κ1) is 27.2. The van der Waals surface area contributed by atoms with E-state index in [2.05, 4.69) is 33.7 Å². The van der Waals surface area contributed by atoms with Crippen molar-refractivity contribution < 1.29 is 24.2 Å². The fourth-order valence-electron chi connectivity index (χ4n) is 3.68. The van der Waals surface area contributed by atoms with Crippen molar-refractivity contribution in [2.75, 3.05) is 13.7 Å². The van der Waals surface area contributed by atoms with Gasteiger partial charge in [0.2, 0.25) is 0 Å². The Hall–Kier alpha value is -3.82. The summed E-state index contributed by atoms with van der Waals surface area (Å²) >= 11 is 3.41. The Labute approximate surface area is 237 Å². The molecule has 1 N–H and O–H groups in total. The highest BCUT2D eigenvalue weighted by Crippen LogP contribution is 2.38. The number of likely N-dealkylation sites (N-methyl/N-ethyl adjacent to an activating group) is 1. The Morgan fingerprint density at radius 3 is 2.61 bits per heavy atom. The quantitative estimate of drug-likeness (QED) is 0.235. The van der Waals surface area contributed by atoms with Gasteiger partial charge in [0, 0.05) is 12.1 Å². The fourth-order valence-corrected chi connectivity index (χ4v) is 5.52. The van der Waals surface area contributed by atoms with E-state index in [1.165, 1.54) is 23.9 Å². The molecule has 38 heavy (non-hydrogen) atoms. The summed E-state index contributed by atoms with van der Waals surface area (Å²) in [6.45, 7) is 2.52. The lowest BCUT2D eigenvalue weighted by Gasteiger charge is -2.14. The van der Waals surface area contributed by atoms with E-state index >= 15 is 0 Å². The van der Waals surface area contributed by atoms with Gasteiger partial charge in [-0.25, -0.2) is 9.79 Å². The summed E-state index contributed by atoms with van der Waals surface area (Å²) in [5.41, 5.74) is 2.81. The van der Waals surface area contributed by atoms with Gasteiger partial charge < -0.3 is 14.6 Å². The zero-order chi connectivity index (χ0) is 27.2. The Bertz CT molecular complexity index is 1500. The molecule has 1 aliphatic heterocycles. The molecule has 192 valence electrons. The van der Waals surface area contributed by atoms with Crippen molar-refractivity contribution in [2.45, 2.75) is 13.5 Å². The average Bonchev–Trinajstić information content (AvgIpc) is 3.21. The van der Waals surface area contributed by atoms with Gasteiger partial charge in [-0.15, -0.1) is 0 Å². The number of thioether (sulfide) groups is 1. The molecule has 0 radical (unpaired) electrons. The highest BCUT2D eigenvalue weighted by Gasteiger charge is 2.32. The number of rotatable bonds is 8. The number of carbonyl (C=O) groups is 2. The third-order valence-electron chi connectivity index (χ3n) is 5.60. The van der Waals surface area contributed by atoms with Crippen molar-refractivity contribution in [1.82, 2.24) is 4.90 Å². The lowest BCUT2D eigenvalue weighted by Crippen LogP contribution is -2.28. The molecular formula is C28H22IN3O5S. The molecule has 0 atom stereocenters.